The van der Waals surface area contributed by atoms with E-state index < -0.39 is 12.3 Å². The van der Waals surface area contributed by atoms with Crippen LogP contribution in [0.5, 0.6) is 0 Å². The Bertz CT molecular complexity index is 891. The summed E-state index contributed by atoms with van der Waals surface area (Å²) >= 11 is 0. The number of hydrogen-bond acceptors (Lipinski definition) is 6. The second-order valence-corrected chi connectivity index (χ2v) is 5.77. The van der Waals surface area contributed by atoms with Crippen LogP contribution in [0.15, 0.2) is 83.0 Å². The molecule has 0 saturated carbocycles. The summed E-state index contributed by atoms with van der Waals surface area (Å²) in [7, 11) is 0. The van der Waals surface area contributed by atoms with Crippen molar-refractivity contribution in [2.24, 2.45) is 10.1 Å². The van der Waals surface area contributed by atoms with E-state index in [1.165, 1.54) is 0 Å². The highest BCUT2D eigenvalue weighted by Crippen LogP contribution is 2.29. The Morgan fingerprint density at radius 2 is 1.77 bits per heavy atom. The van der Waals surface area contributed by atoms with Gasteiger partial charge in [-0.25, -0.2) is 14.8 Å². The fraction of sp³-hybridized carbons (Fsp3) is 0.150. The molecule has 130 valence electrons. The third-order valence-corrected chi connectivity index (χ3v) is 4.11. The van der Waals surface area contributed by atoms with Gasteiger partial charge < -0.3 is 4.74 Å². The molecule has 0 aromatic heterocycles. The molecule has 0 N–H and O–H groups in total. The van der Waals surface area contributed by atoms with Crippen LogP contribution >= 0.6 is 0 Å². The number of carbonyl (C=O) groups excluding carboxylic acids is 1. The summed E-state index contributed by atoms with van der Waals surface area (Å²) in [6, 6.07) is 19.6. The van der Waals surface area contributed by atoms with Crippen molar-refractivity contribution in [2.75, 3.05) is 11.6 Å². The second kappa shape index (κ2) is 6.84. The van der Waals surface area contributed by atoms with Crippen LogP contribution in [0.1, 0.15) is 12.5 Å². The van der Waals surface area contributed by atoms with E-state index >= 15 is 0 Å². The molecule has 0 aliphatic carbocycles. The van der Waals surface area contributed by atoms with Crippen molar-refractivity contribution in [1.82, 2.24) is 4.90 Å². The highest BCUT2D eigenvalue weighted by molar-refractivity contribution is 6.36. The van der Waals surface area contributed by atoms with Crippen molar-refractivity contribution in [3.63, 3.8) is 0 Å². The number of benzene rings is 2. The van der Waals surface area contributed by atoms with E-state index in [2.05, 4.69) is 5.10 Å². The van der Waals surface area contributed by atoms with Gasteiger partial charge in [-0.15, -0.1) is 5.10 Å². The third kappa shape index (κ3) is 2.86. The van der Waals surface area contributed by atoms with Crippen molar-refractivity contribution in [3.8, 4) is 0 Å². The molecule has 4 rings (SSSR count). The number of hydrazone groups is 1. The number of para-hydroxylation sites is 1. The Morgan fingerprint density at radius 1 is 1.08 bits per heavy atom. The van der Waals surface area contributed by atoms with E-state index in [-0.39, 0.29) is 5.84 Å². The minimum Gasteiger partial charge on any atom is -0.460 e. The van der Waals surface area contributed by atoms with Crippen LogP contribution in [0, 0.1) is 0 Å². The van der Waals surface area contributed by atoms with Gasteiger partial charge in [0.15, 0.2) is 0 Å². The molecular weight excluding hydrogens is 328 g/mol. The lowest BCUT2D eigenvalue weighted by Gasteiger charge is -2.29. The molecule has 0 bridgehead atoms. The number of esters is 1. The Balaban J connectivity index is 1.73. The van der Waals surface area contributed by atoms with Gasteiger partial charge in [-0.1, -0.05) is 48.5 Å². The summed E-state index contributed by atoms with van der Waals surface area (Å²) < 4.78 is 5.15. The molecule has 0 amide bonds. The molecule has 0 fully saturated rings. The minimum atomic E-state index is -0.461. The SMILES string of the molecule is CCOC(=O)C1=NN(c2ccccc2)C2N=C(c3ccccc3)C=CN12. The van der Waals surface area contributed by atoms with Gasteiger partial charge in [0.2, 0.25) is 12.1 Å². The average molecular weight is 346 g/mol. The zero-order valence-electron chi connectivity index (χ0n) is 14.3. The maximum absolute atomic E-state index is 12.3. The molecule has 0 radical (unpaired) electrons. The largest absolute Gasteiger partial charge is 0.460 e. The molecule has 2 aromatic rings. The zero-order valence-corrected chi connectivity index (χ0v) is 14.3. The lowest BCUT2D eigenvalue weighted by molar-refractivity contribution is -0.135. The quantitative estimate of drug-likeness (QED) is 0.799. The third-order valence-electron chi connectivity index (χ3n) is 4.11. The molecule has 1 atom stereocenters. The fourth-order valence-electron chi connectivity index (χ4n) is 2.91. The van der Waals surface area contributed by atoms with Crippen molar-refractivity contribution in [2.45, 2.75) is 13.2 Å². The number of carbonyl (C=O) groups is 1. The number of amidine groups is 1. The summed E-state index contributed by atoms with van der Waals surface area (Å²) in [5, 5.41) is 6.23. The Kier molecular flexibility index (Phi) is 4.23. The van der Waals surface area contributed by atoms with Crippen molar-refractivity contribution < 1.29 is 9.53 Å². The lowest BCUT2D eigenvalue weighted by atomic mass is 10.1. The van der Waals surface area contributed by atoms with Crippen LogP contribution in [0.3, 0.4) is 0 Å². The fourth-order valence-corrected chi connectivity index (χ4v) is 2.91. The average Bonchev–Trinajstić information content (AvgIpc) is 3.08. The number of fused-ring (bicyclic) bond motifs is 1. The van der Waals surface area contributed by atoms with Crippen molar-refractivity contribution >= 4 is 23.2 Å². The predicted octanol–water partition coefficient (Wildman–Crippen LogP) is 2.99. The van der Waals surface area contributed by atoms with Gasteiger partial charge in [0.05, 0.1) is 18.0 Å². The van der Waals surface area contributed by atoms with Gasteiger partial charge in [-0.05, 0) is 30.7 Å². The Hall–Kier alpha value is -3.41. The summed E-state index contributed by atoms with van der Waals surface area (Å²) in [4.78, 5) is 18.9. The topological polar surface area (TPSA) is 57.5 Å². The van der Waals surface area contributed by atoms with Gasteiger partial charge in [0.1, 0.15) is 0 Å². The van der Waals surface area contributed by atoms with Crippen LogP contribution in [-0.4, -0.2) is 35.3 Å². The number of aliphatic imine (C=N–C) groups is 1. The number of hydrogen-bond donors (Lipinski definition) is 0. The summed E-state index contributed by atoms with van der Waals surface area (Å²) in [6.07, 6.45) is 3.25. The van der Waals surface area contributed by atoms with Crippen LogP contribution in [0.4, 0.5) is 5.69 Å². The smallest absolute Gasteiger partial charge is 0.376 e. The van der Waals surface area contributed by atoms with Gasteiger partial charge in [-0.2, -0.15) is 0 Å². The molecule has 1 unspecified atom stereocenters. The maximum Gasteiger partial charge on any atom is 0.376 e. The number of anilines is 1. The monoisotopic (exact) mass is 346 g/mol. The molecule has 2 heterocycles. The van der Waals surface area contributed by atoms with E-state index in [1.807, 2.05) is 72.9 Å². The van der Waals surface area contributed by atoms with Crippen LogP contribution in [-0.2, 0) is 9.53 Å². The normalized spacial score (nSPS) is 18.3. The summed E-state index contributed by atoms with van der Waals surface area (Å²) in [6.45, 7) is 2.07. The molecule has 0 saturated heterocycles. The first-order chi connectivity index (χ1) is 12.8. The summed E-state index contributed by atoms with van der Waals surface area (Å²) in [5.41, 5.74) is 2.71. The zero-order chi connectivity index (χ0) is 17.9. The molecule has 26 heavy (non-hydrogen) atoms. The van der Waals surface area contributed by atoms with Crippen LogP contribution < -0.4 is 5.01 Å². The van der Waals surface area contributed by atoms with E-state index in [0.717, 1.165) is 17.0 Å². The lowest BCUT2D eigenvalue weighted by Crippen LogP contribution is -2.42. The predicted molar refractivity (Wildman–Crippen MR) is 101 cm³/mol. The maximum atomic E-state index is 12.3. The van der Waals surface area contributed by atoms with Crippen LogP contribution in [0.25, 0.3) is 0 Å². The number of rotatable bonds is 4. The minimum absolute atomic E-state index is 0.229. The molecular formula is C20H18N4O2. The number of allylic oxidation sites excluding steroid dienone is 1. The highest BCUT2D eigenvalue weighted by Gasteiger charge is 2.39. The molecule has 0 spiro atoms. The van der Waals surface area contributed by atoms with Gasteiger partial charge in [-0.3, -0.25) is 4.90 Å². The Morgan fingerprint density at radius 3 is 2.46 bits per heavy atom. The van der Waals surface area contributed by atoms with E-state index in [9.17, 15) is 4.79 Å². The van der Waals surface area contributed by atoms with Gasteiger partial charge in [0.25, 0.3) is 0 Å². The standard InChI is InChI=1S/C20H18N4O2/c1-2-26-19(25)18-22-24(16-11-7-4-8-12-16)20-21-17(13-14-23(18)20)15-9-5-3-6-10-15/h3-14,20H,2H2,1H3. The Labute approximate surface area is 151 Å². The van der Waals surface area contributed by atoms with Crippen molar-refractivity contribution in [1.29, 1.82) is 0 Å². The first-order valence-corrected chi connectivity index (χ1v) is 8.47. The van der Waals surface area contributed by atoms with E-state index in [0.29, 0.717) is 6.61 Å². The first-order valence-electron chi connectivity index (χ1n) is 8.47. The molecule has 2 aromatic carbocycles. The molecule has 2 aliphatic rings. The van der Waals surface area contributed by atoms with E-state index in [1.54, 1.807) is 16.8 Å². The molecule has 6 heteroatoms. The number of nitrogens with zero attached hydrogens (tertiary/aromatic N) is 4. The van der Waals surface area contributed by atoms with Crippen molar-refractivity contribution in [3.05, 3.63) is 78.5 Å². The van der Waals surface area contributed by atoms with Crippen LogP contribution in [0.2, 0.25) is 0 Å². The molecule has 2 aliphatic heterocycles. The van der Waals surface area contributed by atoms with E-state index in [4.69, 9.17) is 9.73 Å². The molecule has 6 nitrogen and oxygen atoms in total. The summed E-state index contributed by atoms with van der Waals surface area (Å²) in [5.74, 6) is -0.230. The van der Waals surface area contributed by atoms with Gasteiger partial charge >= 0.3 is 5.97 Å². The van der Waals surface area contributed by atoms with Gasteiger partial charge in [0, 0.05) is 6.20 Å². The first kappa shape index (κ1) is 16.1. The highest BCUT2D eigenvalue weighted by atomic mass is 16.5. The second-order valence-electron chi connectivity index (χ2n) is 5.77. The number of ether oxygens (including phenoxy) is 1.